The van der Waals surface area contributed by atoms with Crippen LogP contribution in [0.4, 0.5) is 17.3 Å². The van der Waals surface area contributed by atoms with Gasteiger partial charge in [0.05, 0.1) is 0 Å². The Morgan fingerprint density at radius 3 is 2.87 bits per heavy atom. The molecule has 170 valence electrons. The first kappa shape index (κ1) is 22.3. The lowest BCUT2D eigenvalue weighted by Gasteiger charge is -2.58. The predicted molar refractivity (Wildman–Crippen MR) is 129 cm³/mol. The molecule has 1 fully saturated rings. The normalized spacial score (nSPS) is 35.5. The highest BCUT2D eigenvalue weighted by Crippen LogP contribution is 2.61. The average Bonchev–Trinajstić information content (AvgIpc) is 3.07. The van der Waals surface area contributed by atoms with Crippen LogP contribution in [0, 0.1) is 22.7 Å². The van der Waals surface area contributed by atoms with E-state index in [2.05, 4.69) is 68.7 Å². The second-order valence-electron chi connectivity index (χ2n) is 11.1. The molecule has 5 heteroatoms. The van der Waals surface area contributed by atoms with Crippen molar-refractivity contribution in [3.63, 3.8) is 0 Å². The number of quaternary nitrogens is 1. The zero-order chi connectivity index (χ0) is 22.4. The summed E-state index contributed by atoms with van der Waals surface area (Å²) in [6.07, 6.45) is 14.3. The largest absolute Gasteiger partial charge is 0.379 e. The van der Waals surface area contributed by atoms with Crippen molar-refractivity contribution in [3.8, 4) is 0 Å². The van der Waals surface area contributed by atoms with Crippen LogP contribution in [-0.2, 0) is 0 Å². The van der Waals surface area contributed by atoms with E-state index in [4.69, 9.17) is 5.73 Å². The van der Waals surface area contributed by atoms with Crippen LogP contribution in [0.3, 0.4) is 0 Å². The van der Waals surface area contributed by atoms with Crippen molar-refractivity contribution in [2.24, 2.45) is 22.7 Å². The monoisotopic (exact) mass is 424 g/mol. The summed E-state index contributed by atoms with van der Waals surface area (Å²) >= 11 is 0. The molecule has 1 aromatic heterocycles. The summed E-state index contributed by atoms with van der Waals surface area (Å²) in [5, 5.41) is 0. The highest BCUT2D eigenvalue weighted by atomic mass is 15.4. The number of allylic oxidation sites excluding steroid dienone is 3. The minimum absolute atomic E-state index is 0.405. The first-order valence-corrected chi connectivity index (χ1v) is 12.2. The molecular weight excluding hydrogens is 382 g/mol. The highest BCUT2D eigenvalue weighted by molar-refractivity contribution is 5.69. The molecule has 3 N–H and O–H groups in total. The van der Waals surface area contributed by atoms with Gasteiger partial charge in [0.1, 0.15) is 12.9 Å². The molecule has 2 heterocycles. The van der Waals surface area contributed by atoms with Gasteiger partial charge in [-0.2, -0.15) is 0 Å². The molecular formula is C26H42N5+. The average molecular weight is 425 g/mol. The van der Waals surface area contributed by atoms with Crippen LogP contribution >= 0.6 is 0 Å². The van der Waals surface area contributed by atoms with Crippen LogP contribution in [0.15, 0.2) is 29.6 Å². The standard InChI is InChI=1S/C26H41N5/c1-18(12-15-31-17-30(6)24-22(31)23(27)28-16-29-24)10-13-25(4)20(3)11-14-26(5)19(2)8-7-9-21(25)26/h8,12,16,20-21H,7,9-11,13-15,17H2,1-6H3,(H2,27,28,29)/p+1/b18-12+/t20-,21-,25+,26-/m0/s1. The first-order chi connectivity index (χ1) is 14.7. The Morgan fingerprint density at radius 2 is 2.10 bits per heavy atom. The number of hydrogen-bond donors (Lipinski definition) is 2. The van der Waals surface area contributed by atoms with E-state index >= 15 is 0 Å². The second kappa shape index (κ2) is 8.23. The molecule has 0 radical (unpaired) electrons. The van der Waals surface area contributed by atoms with E-state index in [1.807, 2.05) is 0 Å². The zero-order valence-electron chi connectivity index (χ0n) is 20.5. The molecule has 0 bridgehead atoms. The molecule has 4 rings (SSSR count). The van der Waals surface area contributed by atoms with Crippen molar-refractivity contribution >= 4 is 17.3 Å². The van der Waals surface area contributed by atoms with E-state index in [9.17, 15) is 0 Å². The lowest BCUT2D eigenvalue weighted by Crippen LogP contribution is -3.06. The van der Waals surface area contributed by atoms with Crippen molar-refractivity contribution in [1.29, 1.82) is 0 Å². The molecule has 31 heavy (non-hydrogen) atoms. The third-order valence-electron chi connectivity index (χ3n) is 9.35. The SMILES string of the molecule is CC1=CCC[C@H]2[C@](C)(CC/C(C)=C/C[NH+]3CN(C)c4ncnc(N)c43)[C@@H](C)CC[C@@]12C. The van der Waals surface area contributed by atoms with Crippen LogP contribution in [0.1, 0.15) is 73.1 Å². The Morgan fingerprint density at radius 1 is 1.32 bits per heavy atom. The Kier molecular flexibility index (Phi) is 5.93. The summed E-state index contributed by atoms with van der Waals surface area (Å²) in [6.45, 7) is 14.2. The smallest absolute Gasteiger partial charge is 0.218 e. The Labute approximate surface area is 188 Å². The summed E-state index contributed by atoms with van der Waals surface area (Å²) in [4.78, 5) is 12.2. The molecule has 2 aliphatic carbocycles. The van der Waals surface area contributed by atoms with Gasteiger partial charge in [-0.1, -0.05) is 38.0 Å². The third kappa shape index (κ3) is 3.79. The number of nitrogens with zero attached hydrogens (tertiary/aromatic N) is 3. The fourth-order valence-corrected chi connectivity index (χ4v) is 6.82. The maximum atomic E-state index is 6.18. The minimum Gasteiger partial charge on any atom is -0.379 e. The number of anilines is 2. The van der Waals surface area contributed by atoms with Gasteiger partial charge in [-0.25, -0.2) is 9.97 Å². The van der Waals surface area contributed by atoms with E-state index in [0.717, 1.165) is 36.6 Å². The predicted octanol–water partition coefficient (Wildman–Crippen LogP) is 4.51. The quantitative estimate of drug-likeness (QED) is 0.683. The highest BCUT2D eigenvalue weighted by Gasteiger charge is 2.52. The van der Waals surface area contributed by atoms with Crippen LogP contribution in [0.5, 0.6) is 0 Å². The van der Waals surface area contributed by atoms with Gasteiger partial charge in [0, 0.05) is 7.05 Å². The Hall–Kier alpha value is -1.88. The molecule has 0 amide bonds. The van der Waals surface area contributed by atoms with E-state index in [-0.39, 0.29) is 0 Å². The molecule has 1 aromatic rings. The number of rotatable bonds is 5. The number of nitrogen functional groups attached to an aromatic ring is 1. The van der Waals surface area contributed by atoms with Gasteiger partial charge in [0.2, 0.25) is 11.5 Å². The number of aromatic nitrogens is 2. The molecule has 0 spiro atoms. The maximum Gasteiger partial charge on any atom is 0.218 e. The lowest BCUT2D eigenvalue weighted by atomic mass is 9.47. The Bertz CT molecular complexity index is 890. The van der Waals surface area contributed by atoms with Gasteiger partial charge in [0.25, 0.3) is 0 Å². The molecule has 0 aromatic carbocycles. The van der Waals surface area contributed by atoms with Crippen molar-refractivity contribution in [3.05, 3.63) is 29.6 Å². The second-order valence-corrected chi connectivity index (χ2v) is 11.1. The minimum atomic E-state index is 0.405. The number of nitrogens with one attached hydrogen (secondary N) is 1. The van der Waals surface area contributed by atoms with Crippen molar-refractivity contribution in [2.45, 2.75) is 73.1 Å². The van der Waals surface area contributed by atoms with Crippen LogP contribution in [0.2, 0.25) is 0 Å². The van der Waals surface area contributed by atoms with E-state index in [1.54, 1.807) is 11.9 Å². The molecule has 1 unspecified atom stereocenters. The molecule has 5 atom stereocenters. The van der Waals surface area contributed by atoms with Gasteiger partial charge in [-0.3, -0.25) is 4.90 Å². The first-order valence-electron chi connectivity index (χ1n) is 12.2. The van der Waals surface area contributed by atoms with Crippen LogP contribution < -0.4 is 15.5 Å². The molecule has 0 saturated heterocycles. The van der Waals surface area contributed by atoms with Crippen LogP contribution in [0.25, 0.3) is 0 Å². The number of fused-ring (bicyclic) bond motifs is 2. The lowest BCUT2D eigenvalue weighted by molar-refractivity contribution is -0.818. The van der Waals surface area contributed by atoms with Gasteiger partial charge in [-0.15, -0.1) is 0 Å². The summed E-state index contributed by atoms with van der Waals surface area (Å²) in [5.41, 5.74) is 11.2. The molecule has 3 aliphatic rings. The summed E-state index contributed by atoms with van der Waals surface area (Å²) in [5.74, 6) is 3.19. The van der Waals surface area contributed by atoms with Crippen molar-refractivity contribution in [2.75, 3.05) is 30.9 Å². The van der Waals surface area contributed by atoms with Crippen molar-refractivity contribution in [1.82, 2.24) is 9.97 Å². The topological polar surface area (TPSA) is 59.5 Å². The van der Waals surface area contributed by atoms with E-state index in [0.29, 0.717) is 16.6 Å². The summed E-state index contributed by atoms with van der Waals surface area (Å²) in [7, 11) is 2.08. The van der Waals surface area contributed by atoms with Gasteiger partial charge in [0.15, 0.2) is 12.5 Å². The molecule has 5 nitrogen and oxygen atoms in total. The number of nitrogens with two attached hydrogens (primary N) is 1. The summed E-state index contributed by atoms with van der Waals surface area (Å²) < 4.78 is 0. The van der Waals surface area contributed by atoms with E-state index in [1.165, 1.54) is 49.0 Å². The van der Waals surface area contributed by atoms with Crippen molar-refractivity contribution < 1.29 is 4.90 Å². The number of hydrogen-bond acceptors (Lipinski definition) is 4. The van der Waals surface area contributed by atoms with Gasteiger partial charge in [-0.05, 0) is 81.1 Å². The summed E-state index contributed by atoms with van der Waals surface area (Å²) in [6, 6.07) is 0. The molecule has 1 aliphatic heterocycles. The maximum absolute atomic E-state index is 6.18. The fraction of sp³-hybridized carbons (Fsp3) is 0.692. The Balaban J connectivity index is 1.44. The zero-order valence-corrected chi connectivity index (χ0v) is 20.5. The van der Waals surface area contributed by atoms with Gasteiger partial charge < -0.3 is 10.6 Å². The van der Waals surface area contributed by atoms with Gasteiger partial charge >= 0.3 is 0 Å². The fourth-order valence-electron chi connectivity index (χ4n) is 6.82. The van der Waals surface area contributed by atoms with Crippen LogP contribution in [-0.4, -0.2) is 30.2 Å². The third-order valence-corrected chi connectivity index (χ3v) is 9.35. The van der Waals surface area contributed by atoms with E-state index < -0.39 is 0 Å². The molecule has 1 saturated carbocycles.